The van der Waals surface area contributed by atoms with E-state index in [1.807, 2.05) is 24.3 Å². The molecular formula is C19H11BrN4O2. The van der Waals surface area contributed by atoms with E-state index in [9.17, 15) is 4.79 Å². The monoisotopic (exact) mass is 406 g/mol. The lowest BCUT2D eigenvalue weighted by atomic mass is 10.1. The number of carbonyl (C=O) groups excluding carboxylic acids is 1. The van der Waals surface area contributed by atoms with Crippen LogP contribution in [0.3, 0.4) is 0 Å². The van der Waals surface area contributed by atoms with Crippen LogP contribution in [0.15, 0.2) is 63.9 Å². The number of rotatable bonds is 3. The Morgan fingerprint density at radius 3 is 2.85 bits per heavy atom. The second-order valence-electron chi connectivity index (χ2n) is 5.61. The summed E-state index contributed by atoms with van der Waals surface area (Å²) in [5.41, 5.74) is 4.05. The first-order valence-electron chi connectivity index (χ1n) is 7.67. The molecular weight excluding hydrogens is 396 g/mol. The number of hydrogen-bond donors (Lipinski definition) is 2. The Balaban J connectivity index is 1.66. The molecule has 26 heavy (non-hydrogen) atoms. The van der Waals surface area contributed by atoms with Gasteiger partial charge in [-0.25, -0.2) is 0 Å². The van der Waals surface area contributed by atoms with Crippen molar-refractivity contribution in [3.63, 3.8) is 0 Å². The average Bonchev–Trinajstić information content (AvgIpc) is 3.30. The highest BCUT2D eigenvalue weighted by molar-refractivity contribution is 9.10. The molecule has 0 aliphatic carbocycles. The number of nitriles is 1. The van der Waals surface area contributed by atoms with E-state index in [4.69, 9.17) is 9.68 Å². The van der Waals surface area contributed by atoms with Crippen molar-refractivity contribution in [1.82, 2.24) is 10.2 Å². The van der Waals surface area contributed by atoms with Gasteiger partial charge in [-0.2, -0.15) is 10.4 Å². The zero-order valence-corrected chi connectivity index (χ0v) is 14.9. The van der Waals surface area contributed by atoms with E-state index >= 15 is 0 Å². The van der Waals surface area contributed by atoms with Gasteiger partial charge in [0.15, 0.2) is 0 Å². The Labute approximate surface area is 156 Å². The number of hydrogen-bond acceptors (Lipinski definition) is 4. The van der Waals surface area contributed by atoms with Gasteiger partial charge in [-0.3, -0.25) is 9.89 Å². The molecule has 4 aromatic rings. The second kappa shape index (κ2) is 6.50. The number of halogens is 1. The lowest BCUT2D eigenvalue weighted by molar-refractivity contribution is 0.102. The zero-order valence-electron chi connectivity index (χ0n) is 13.3. The van der Waals surface area contributed by atoms with Crippen molar-refractivity contribution in [2.45, 2.75) is 0 Å². The van der Waals surface area contributed by atoms with Crippen molar-refractivity contribution in [1.29, 1.82) is 5.26 Å². The summed E-state index contributed by atoms with van der Waals surface area (Å²) >= 11 is 3.34. The van der Waals surface area contributed by atoms with Crippen molar-refractivity contribution in [3.05, 3.63) is 70.6 Å². The van der Waals surface area contributed by atoms with Gasteiger partial charge in [-0.15, -0.1) is 0 Å². The first-order chi connectivity index (χ1) is 12.7. The molecule has 0 aliphatic heterocycles. The molecule has 0 radical (unpaired) electrons. The molecule has 0 saturated heterocycles. The van der Waals surface area contributed by atoms with Gasteiger partial charge in [0.25, 0.3) is 5.91 Å². The second-order valence-corrected chi connectivity index (χ2v) is 6.46. The van der Waals surface area contributed by atoms with Crippen LogP contribution >= 0.6 is 15.9 Å². The van der Waals surface area contributed by atoms with Crippen LogP contribution in [0, 0.1) is 11.3 Å². The van der Waals surface area contributed by atoms with Crippen LogP contribution in [0.2, 0.25) is 0 Å². The number of nitrogens with one attached hydrogen (secondary N) is 2. The summed E-state index contributed by atoms with van der Waals surface area (Å²) in [6, 6.07) is 14.2. The van der Waals surface area contributed by atoms with Crippen LogP contribution in [0.4, 0.5) is 5.69 Å². The summed E-state index contributed by atoms with van der Waals surface area (Å²) in [7, 11) is 0. The third-order valence-corrected chi connectivity index (χ3v) is 4.61. The number of aromatic nitrogens is 2. The number of nitrogens with zero attached hydrogens (tertiary/aromatic N) is 2. The summed E-state index contributed by atoms with van der Waals surface area (Å²) in [6.07, 6.45) is 3.21. The number of aromatic amines is 1. The van der Waals surface area contributed by atoms with Crippen molar-refractivity contribution in [3.8, 4) is 17.3 Å². The van der Waals surface area contributed by atoms with Gasteiger partial charge < -0.3 is 9.73 Å². The molecule has 126 valence electrons. The van der Waals surface area contributed by atoms with Gasteiger partial charge in [0.1, 0.15) is 5.69 Å². The van der Waals surface area contributed by atoms with Crippen LogP contribution in [-0.2, 0) is 0 Å². The molecule has 0 bridgehead atoms. The molecule has 4 rings (SSSR count). The van der Waals surface area contributed by atoms with E-state index in [1.165, 1.54) is 0 Å². The molecule has 2 N–H and O–H groups in total. The fraction of sp³-hybridized carbons (Fsp3) is 0. The van der Waals surface area contributed by atoms with Gasteiger partial charge in [-0.1, -0.05) is 0 Å². The predicted octanol–water partition coefficient (Wildman–Crippen LogP) is 4.71. The fourth-order valence-electron chi connectivity index (χ4n) is 2.68. The summed E-state index contributed by atoms with van der Waals surface area (Å²) < 4.78 is 5.69. The minimum Gasteiger partial charge on any atom is -0.472 e. The topological polar surface area (TPSA) is 94.7 Å². The van der Waals surface area contributed by atoms with Crippen LogP contribution < -0.4 is 5.32 Å². The van der Waals surface area contributed by atoms with E-state index in [0.717, 1.165) is 22.2 Å². The van der Waals surface area contributed by atoms with E-state index in [1.54, 1.807) is 36.8 Å². The lowest BCUT2D eigenvalue weighted by Gasteiger charge is -2.07. The molecule has 6 nitrogen and oxygen atoms in total. The van der Waals surface area contributed by atoms with E-state index in [2.05, 4.69) is 31.4 Å². The number of benzene rings is 2. The molecule has 0 unspecified atom stereocenters. The maximum Gasteiger partial charge on any atom is 0.256 e. The minimum atomic E-state index is -0.269. The van der Waals surface area contributed by atoms with E-state index < -0.39 is 0 Å². The number of fused-ring (bicyclic) bond motifs is 1. The molecule has 2 heterocycles. The van der Waals surface area contributed by atoms with Gasteiger partial charge in [0.2, 0.25) is 0 Å². The number of amides is 1. The van der Waals surface area contributed by atoms with E-state index in [0.29, 0.717) is 21.3 Å². The highest BCUT2D eigenvalue weighted by atomic mass is 79.9. The Bertz CT molecular complexity index is 1160. The Kier molecular flexibility index (Phi) is 4.03. The maximum absolute atomic E-state index is 12.6. The number of furan rings is 1. The highest BCUT2D eigenvalue weighted by Crippen LogP contribution is 2.29. The molecule has 1 amide bonds. The number of carbonyl (C=O) groups is 1. The maximum atomic E-state index is 12.6. The Morgan fingerprint density at radius 2 is 2.12 bits per heavy atom. The Morgan fingerprint density at radius 1 is 1.23 bits per heavy atom. The van der Waals surface area contributed by atoms with Crippen molar-refractivity contribution >= 4 is 38.4 Å². The molecule has 0 spiro atoms. The van der Waals surface area contributed by atoms with Crippen molar-refractivity contribution in [2.24, 2.45) is 0 Å². The summed E-state index contributed by atoms with van der Waals surface area (Å²) in [5.74, 6) is -0.269. The van der Waals surface area contributed by atoms with Crippen LogP contribution in [0.1, 0.15) is 15.9 Å². The third-order valence-electron chi connectivity index (χ3n) is 3.96. The molecule has 0 fully saturated rings. The largest absolute Gasteiger partial charge is 0.472 e. The number of H-pyrrole nitrogens is 1. The summed E-state index contributed by atoms with van der Waals surface area (Å²) in [5, 5.41) is 20.0. The summed E-state index contributed by atoms with van der Waals surface area (Å²) in [4.78, 5) is 12.6. The van der Waals surface area contributed by atoms with Crippen molar-refractivity contribution in [2.75, 3.05) is 5.32 Å². The lowest BCUT2D eigenvalue weighted by Crippen LogP contribution is -2.12. The SMILES string of the molecule is N#Cc1ccc(C(=O)Nc2ccc3[nH]nc(-c4ccoc4)c3c2)c(Br)c1. The third kappa shape index (κ3) is 2.87. The van der Waals surface area contributed by atoms with Crippen LogP contribution in [0.5, 0.6) is 0 Å². The van der Waals surface area contributed by atoms with E-state index in [-0.39, 0.29) is 5.91 Å². The smallest absolute Gasteiger partial charge is 0.256 e. The van der Waals surface area contributed by atoms with Gasteiger partial charge in [0, 0.05) is 21.1 Å². The average molecular weight is 407 g/mol. The molecule has 2 aromatic carbocycles. The normalized spacial score (nSPS) is 10.6. The molecule has 7 heteroatoms. The fourth-order valence-corrected chi connectivity index (χ4v) is 3.24. The number of anilines is 1. The van der Waals surface area contributed by atoms with Crippen LogP contribution in [-0.4, -0.2) is 16.1 Å². The molecule has 0 aliphatic rings. The standard InChI is InChI=1S/C19H11BrN4O2/c20-16-7-11(9-21)1-3-14(16)19(25)22-13-2-4-17-15(8-13)18(24-23-17)12-5-6-26-10-12/h1-8,10H,(H,22,25)(H,23,24). The quantitative estimate of drug-likeness (QED) is 0.514. The predicted molar refractivity (Wildman–Crippen MR) is 101 cm³/mol. The van der Waals surface area contributed by atoms with Crippen molar-refractivity contribution < 1.29 is 9.21 Å². The first kappa shape index (κ1) is 16.1. The minimum absolute atomic E-state index is 0.269. The Hall–Kier alpha value is -3.37. The zero-order chi connectivity index (χ0) is 18.1. The highest BCUT2D eigenvalue weighted by Gasteiger charge is 2.13. The first-order valence-corrected chi connectivity index (χ1v) is 8.47. The molecule has 0 atom stereocenters. The van der Waals surface area contributed by atoms with Gasteiger partial charge >= 0.3 is 0 Å². The van der Waals surface area contributed by atoms with Gasteiger partial charge in [0.05, 0.1) is 35.2 Å². The molecule has 2 aromatic heterocycles. The summed E-state index contributed by atoms with van der Waals surface area (Å²) in [6.45, 7) is 0. The molecule has 0 saturated carbocycles. The van der Waals surface area contributed by atoms with Crippen LogP contribution in [0.25, 0.3) is 22.2 Å². The van der Waals surface area contributed by atoms with Gasteiger partial charge in [-0.05, 0) is 58.4 Å².